The minimum atomic E-state index is 0.627. The quantitative estimate of drug-likeness (QED) is 0.162. The van der Waals surface area contributed by atoms with Crippen molar-refractivity contribution in [1.29, 1.82) is 0 Å². The predicted molar refractivity (Wildman–Crippen MR) is 253 cm³/mol. The van der Waals surface area contributed by atoms with Crippen LogP contribution in [0.1, 0.15) is 0 Å². The second kappa shape index (κ2) is 14.3. The lowest BCUT2D eigenvalue weighted by atomic mass is 9.97. The Morgan fingerprint density at radius 2 is 0.607 bits per heavy atom. The standard InChI is InChI=1S/C57H36N4/c1-4-13-37(14-5-1)40-23-27-42(28-24-40)55-58-56(43-29-25-41(26-30-43)38-15-6-2-7-16-38)60-57(59-55)46-20-12-19-44(33-46)45-31-32-53-49(34-45)51-36-47(39-17-8-3-9-18-39)35-50-48-21-10-11-22-52(48)61(53)54(50)51/h1-36H. The largest absolute Gasteiger partial charge is 0.308 e. The number of benzene rings is 9. The van der Waals surface area contributed by atoms with Gasteiger partial charge in [-0.05, 0) is 80.9 Å². The molecule has 0 aliphatic heterocycles. The Morgan fingerprint density at radius 3 is 1.20 bits per heavy atom. The van der Waals surface area contributed by atoms with E-state index in [2.05, 4.69) is 211 Å². The van der Waals surface area contributed by atoms with Crippen molar-refractivity contribution in [3.63, 3.8) is 0 Å². The number of rotatable bonds is 7. The summed E-state index contributed by atoms with van der Waals surface area (Å²) in [5.41, 5.74) is 15.8. The van der Waals surface area contributed by atoms with Crippen molar-refractivity contribution in [3.8, 4) is 78.7 Å². The van der Waals surface area contributed by atoms with Gasteiger partial charge in [0.1, 0.15) is 0 Å². The van der Waals surface area contributed by atoms with E-state index in [-0.39, 0.29) is 0 Å². The van der Waals surface area contributed by atoms with Crippen LogP contribution in [0.2, 0.25) is 0 Å². The molecule has 12 rings (SSSR count). The van der Waals surface area contributed by atoms with Gasteiger partial charge in [-0.2, -0.15) is 0 Å². The summed E-state index contributed by atoms with van der Waals surface area (Å²) in [5, 5.41) is 5.03. The molecule has 4 heteroatoms. The maximum Gasteiger partial charge on any atom is 0.164 e. The van der Waals surface area contributed by atoms with Gasteiger partial charge in [-0.15, -0.1) is 0 Å². The molecule has 0 atom stereocenters. The molecule has 0 N–H and O–H groups in total. The number of aromatic nitrogens is 4. The Balaban J connectivity index is 0.984. The Labute approximate surface area is 353 Å². The van der Waals surface area contributed by atoms with Gasteiger partial charge in [-0.25, -0.2) is 15.0 Å². The average Bonchev–Trinajstić information content (AvgIpc) is 3.86. The fourth-order valence-corrected chi connectivity index (χ4v) is 8.96. The molecule has 61 heavy (non-hydrogen) atoms. The molecule has 0 spiro atoms. The van der Waals surface area contributed by atoms with Gasteiger partial charge in [-0.3, -0.25) is 0 Å². The molecule has 0 saturated carbocycles. The normalized spacial score (nSPS) is 11.6. The molecular weight excluding hydrogens is 741 g/mol. The topological polar surface area (TPSA) is 43.1 Å². The summed E-state index contributed by atoms with van der Waals surface area (Å²) in [5.74, 6) is 1.89. The molecular formula is C57H36N4. The van der Waals surface area contributed by atoms with E-state index in [9.17, 15) is 0 Å². The lowest BCUT2D eigenvalue weighted by Gasteiger charge is -2.11. The van der Waals surface area contributed by atoms with Crippen molar-refractivity contribution in [1.82, 2.24) is 19.4 Å². The van der Waals surface area contributed by atoms with Crippen LogP contribution in [0.5, 0.6) is 0 Å². The third-order valence-electron chi connectivity index (χ3n) is 12.0. The van der Waals surface area contributed by atoms with Crippen molar-refractivity contribution >= 4 is 38.1 Å². The molecule has 12 aromatic rings. The maximum atomic E-state index is 5.15. The molecule has 3 aromatic heterocycles. The first-order valence-electron chi connectivity index (χ1n) is 20.7. The molecule has 0 saturated heterocycles. The molecule has 4 nitrogen and oxygen atoms in total. The number of hydrogen-bond acceptors (Lipinski definition) is 3. The average molecular weight is 777 g/mol. The van der Waals surface area contributed by atoms with Crippen LogP contribution in [0.25, 0.3) is 117 Å². The highest BCUT2D eigenvalue weighted by Gasteiger charge is 2.20. The highest BCUT2D eigenvalue weighted by Crippen LogP contribution is 2.43. The van der Waals surface area contributed by atoms with E-state index in [1.54, 1.807) is 0 Å². The Kier molecular flexibility index (Phi) is 8.13. The van der Waals surface area contributed by atoms with Gasteiger partial charge in [0.2, 0.25) is 0 Å². The number of para-hydroxylation sites is 1. The first kappa shape index (κ1) is 34.8. The van der Waals surface area contributed by atoms with Gasteiger partial charge in [0, 0.05) is 38.2 Å². The second-order valence-electron chi connectivity index (χ2n) is 15.6. The van der Waals surface area contributed by atoms with Crippen LogP contribution in [-0.4, -0.2) is 19.4 Å². The maximum absolute atomic E-state index is 5.15. The lowest BCUT2D eigenvalue weighted by Crippen LogP contribution is -2.00. The molecule has 0 unspecified atom stereocenters. The molecule has 0 fully saturated rings. The summed E-state index contributed by atoms with van der Waals surface area (Å²) in [6.07, 6.45) is 0. The van der Waals surface area contributed by atoms with Crippen LogP contribution in [0.15, 0.2) is 218 Å². The van der Waals surface area contributed by atoms with Crippen LogP contribution < -0.4 is 0 Å². The van der Waals surface area contributed by atoms with Crippen LogP contribution in [0.3, 0.4) is 0 Å². The highest BCUT2D eigenvalue weighted by atomic mass is 15.0. The highest BCUT2D eigenvalue weighted by molar-refractivity contribution is 6.24. The van der Waals surface area contributed by atoms with Gasteiger partial charge in [-0.1, -0.05) is 182 Å². The zero-order valence-corrected chi connectivity index (χ0v) is 33.1. The van der Waals surface area contributed by atoms with Gasteiger partial charge >= 0.3 is 0 Å². The molecule has 3 heterocycles. The van der Waals surface area contributed by atoms with Crippen molar-refractivity contribution in [2.45, 2.75) is 0 Å². The molecule has 9 aromatic carbocycles. The molecule has 0 bridgehead atoms. The van der Waals surface area contributed by atoms with E-state index in [0.717, 1.165) is 38.9 Å². The Hall–Kier alpha value is -8.21. The second-order valence-corrected chi connectivity index (χ2v) is 15.6. The fourth-order valence-electron chi connectivity index (χ4n) is 8.96. The third-order valence-corrected chi connectivity index (χ3v) is 12.0. The monoisotopic (exact) mass is 776 g/mol. The van der Waals surface area contributed by atoms with Crippen molar-refractivity contribution in [2.24, 2.45) is 0 Å². The minimum Gasteiger partial charge on any atom is -0.308 e. The van der Waals surface area contributed by atoms with Gasteiger partial charge in [0.05, 0.1) is 16.6 Å². The van der Waals surface area contributed by atoms with E-state index in [4.69, 9.17) is 15.0 Å². The van der Waals surface area contributed by atoms with Gasteiger partial charge < -0.3 is 4.40 Å². The zero-order valence-electron chi connectivity index (χ0n) is 33.1. The summed E-state index contributed by atoms with van der Waals surface area (Å²) in [7, 11) is 0. The SMILES string of the molecule is c1ccc(-c2ccc(-c3nc(-c4ccc(-c5ccccc5)cc4)nc(-c4cccc(-c5ccc6c(c5)c5cc(-c7ccccc7)cc7c8ccccc8n6c75)c4)n3)cc2)cc1. The third kappa shape index (κ3) is 6.04. The molecule has 0 amide bonds. The summed E-state index contributed by atoms with van der Waals surface area (Å²) in [4.78, 5) is 15.4. The van der Waals surface area contributed by atoms with E-state index < -0.39 is 0 Å². The van der Waals surface area contributed by atoms with Gasteiger partial charge in [0.25, 0.3) is 0 Å². The number of nitrogens with zero attached hydrogens (tertiary/aromatic N) is 4. The molecule has 284 valence electrons. The number of fused-ring (bicyclic) bond motifs is 6. The summed E-state index contributed by atoms with van der Waals surface area (Å²) < 4.78 is 2.44. The molecule has 0 radical (unpaired) electrons. The Morgan fingerprint density at radius 1 is 0.230 bits per heavy atom. The molecule has 0 aliphatic carbocycles. The van der Waals surface area contributed by atoms with Crippen LogP contribution in [0, 0.1) is 0 Å². The first-order valence-corrected chi connectivity index (χ1v) is 20.7. The summed E-state index contributed by atoms with van der Waals surface area (Å²) in [6, 6.07) is 77.5. The Bertz CT molecular complexity index is 3440. The predicted octanol–water partition coefficient (Wildman–Crippen LogP) is 14.7. The van der Waals surface area contributed by atoms with E-state index in [0.29, 0.717) is 17.5 Å². The molecule has 0 aliphatic rings. The van der Waals surface area contributed by atoms with Crippen molar-refractivity contribution in [2.75, 3.05) is 0 Å². The first-order chi connectivity index (χ1) is 30.2. The smallest absolute Gasteiger partial charge is 0.164 e. The zero-order chi connectivity index (χ0) is 40.3. The fraction of sp³-hybridized carbons (Fsp3) is 0. The van der Waals surface area contributed by atoms with E-state index >= 15 is 0 Å². The summed E-state index contributed by atoms with van der Waals surface area (Å²) in [6.45, 7) is 0. The van der Waals surface area contributed by atoms with Crippen molar-refractivity contribution < 1.29 is 0 Å². The van der Waals surface area contributed by atoms with E-state index in [1.165, 1.54) is 60.3 Å². The minimum absolute atomic E-state index is 0.627. The van der Waals surface area contributed by atoms with Crippen LogP contribution in [0.4, 0.5) is 0 Å². The van der Waals surface area contributed by atoms with Gasteiger partial charge in [0.15, 0.2) is 17.5 Å². The van der Waals surface area contributed by atoms with Crippen LogP contribution >= 0.6 is 0 Å². The lowest BCUT2D eigenvalue weighted by molar-refractivity contribution is 1.07. The van der Waals surface area contributed by atoms with Crippen molar-refractivity contribution in [3.05, 3.63) is 218 Å². The summed E-state index contributed by atoms with van der Waals surface area (Å²) >= 11 is 0. The number of hydrogen-bond donors (Lipinski definition) is 0. The van der Waals surface area contributed by atoms with E-state index in [1.807, 2.05) is 12.1 Å². The van der Waals surface area contributed by atoms with Crippen LogP contribution in [-0.2, 0) is 0 Å².